The van der Waals surface area contributed by atoms with Gasteiger partial charge in [0.25, 0.3) is 5.91 Å². The summed E-state index contributed by atoms with van der Waals surface area (Å²) in [5.41, 5.74) is 3.73. The van der Waals surface area contributed by atoms with Crippen LogP contribution in [0.5, 0.6) is 0 Å². The number of pyridine rings is 1. The van der Waals surface area contributed by atoms with Crippen molar-refractivity contribution in [3.05, 3.63) is 83.9 Å². The summed E-state index contributed by atoms with van der Waals surface area (Å²) in [6.45, 7) is 4.53. The normalized spacial score (nSPS) is 13.2. The first-order valence-corrected chi connectivity index (χ1v) is 10.1. The highest BCUT2D eigenvalue weighted by Crippen LogP contribution is 2.32. The van der Waals surface area contributed by atoms with E-state index in [0.29, 0.717) is 29.4 Å². The van der Waals surface area contributed by atoms with Gasteiger partial charge in [-0.15, -0.1) is 10.2 Å². The third-order valence-electron chi connectivity index (χ3n) is 5.44. The zero-order valence-corrected chi connectivity index (χ0v) is 17.2. The maximum absolute atomic E-state index is 13.6. The molecule has 0 bridgehead atoms. The van der Waals surface area contributed by atoms with Crippen LogP contribution in [0.1, 0.15) is 35.8 Å². The number of hydrogen-bond donors (Lipinski definition) is 0. The van der Waals surface area contributed by atoms with Crippen LogP contribution in [0.3, 0.4) is 0 Å². The summed E-state index contributed by atoms with van der Waals surface area (Å²) in [4.78, 5) is 19.5. The van der Waals surface area contributed by atoms with Gasteiger partial charge in [0.1, 0.15) is 23.7 Å². The number of halogens is 1. The van der Waals surface area contributed by atoms with Crippen LogP contribution in [-0.2, 0) is 6.54 Å². The van der Waals surface area contributed by atoms with Crippen molar-refractivity contribution < 1.29 is 9.18 Å². The average Bonchev–Trinajstić information content (AvgIpc) is 3.39. The predicted octanol–water partition coefficient (Wildman–Crippen LogP) is 4.89. The van der Waals surface area contributed by atoms with Gasteiger partial charge in [-0.05, 0) is 60.9 Å². The highest BCUT2D eigenvalue weighted by Gasteiger charge is 2.30. The van der Waals surface area contributed by atoms with Crippen molar-refractivity contribution in [2.45, 2.75) is 26.4 Å². The van der Waals surface area contributed by atoms with Crippen LogP contribution >= 0.6 is 0 Å². The molecule has 0 radical (unpaired) electrons. The molecule has 0 saturated carbocycles. The lowest BCUT2D eigenvalue weighted by molar-refractivity contribution is 0.0996. The van der Waals surface area contributed by atoms with Crippen molar-refractivity contribution in [3.63, 3.8) is 0 Å². The molecule has 0 N–H and O–H groups in total. The van der Waals surface area contributed by atoms with E-state index in [4.69, 9.17) is 4.98 Å². The van der Waals surface area contributed by atoms with Crippen molar-refractivity contribution in [3.8, 4) is 22.6 Å². The molecular formula is C24H20FN5O. The number of fused-ring (bicyclic) bond motifs is 1. The van der Waals surface area contributed by atoms with Gasteiger partial charge >= 0.3 is 0 Å². The summed E-state index contributed by atoms with van der Waals surface area (Å²) in [7, 11) is 0. The van der Waals surface area contributed by atoms with Crippen molar-refractivity contribution in [2.24, 2.45) is 0 Å². The standard InChI is InChI=1S/C24H20FN5O/c1-15(2)30-14-26-28-23(30)21-7-4-8-22(27-21)29-13-18-10-9-17(12-20(18)24(29)31)16-5-3-6-19(25)11-16/h3-12,14-15H,13H2,1-2H3. The van der Waals surface area contributed by atoms with Crippen LogP contribution < -0.4 is 4.90 Å². The van der Waals surface area contributed by atoms with Gasteiger partial charge < -0.3 is 4.57 Å². The van der Waals surface area contributed by atoms with Gasteiger partial charge in [-0.3, -0.25) is 9.69 Å². The smallest absolute Gasteiger partial charge is 0.260 e. The molecule has 0 atom stereocenters. The van der Waals surface area contributed by atoms with Gasteiger partial charge in [-0.25, -0.2) is 9.37 Å². The van der Waals surface area contributed by atoms with Crippen LogP contribution in [0, 0.1) is 5.82 Å². The molecule has 6 nitrogen and oxygen atoms in total. The Kier molecular flexibility index (Phi) is 4.58. The molecule has 31 heavy (non-hydrogen) atoms. The number of hydrogen-bond acceptors (Lipinski definition) is 4. The lowest BCUT2D eigenvalue weighted by Gasteiger charge is -2.16. The molecule has 154 valence electrons. The Bertz CT molecular complexity index is 1300. The predicted molar refractivity (Wildman–Crippen MR) is 116 cm³/mol. The molecule has 2 aromatic heterocycles. The first kappa shape index (κ1) is 19.1. The highest BCUT2D eigenvalue weighted by atomic mass is 19.1. The minimum atomic E-state index is -0.304. The molecule has 0 aliphatic carbocycles. The van der Waals surface area contributed by atoms with E-state index in [2.05, 4.69) is 10.2 Å². The minimum absolute atomic E-state index is 0.122. The van der Waals surface area contributed by atoms with Crippen LogP contribution in [0.2, 0.25) is 0 Å². The Labute approximate surface area is 179 Å². The lowest BCUT2D eigenvalue weighted by atomic mass is 10.0. The maximum atomic E-state index is 13.6. The van der Waals surface area contributed by atoms with Crippen molar-refractivity contribution in [1.82, 2.24) is 19.7 Å². The quantitative estimate of drug-likeness (QED) is 0.478. The summed E-state index contributed by atoms with van der Waals surface area (Å²) < 4.78 is 15.6. The van der Waals surface area contributed by atoms with Gasteiger partial charge in [-0.1, -0.05) is 30.3 Å². The molecule has 0 saturated heterocycles. The molecule has 4 aromatic rings. The first-order chi connectivity index (χ1) is 15.0. The van der Waals surface area contributed by atoms with Gasteiger partial charge in [0.2, 0.25) is 0 Å². The van der Waals surface area contributed by atoms with Crippen LogP contribution in [0.15, 0.2) is 67.0 Å². The fourth-order valence-electron chi connectivity index (χ4n) is 3.84. The number of nitrogens with zero attached hydrogens (tertiary/aromatic N) is 5. The third kappa shape index (κ3) is 3.38. The second-order valence-electron chi connectivity index (χ2n) is 7.81. The van der Waals surface area contributed by atoms with Gasteiger partial charge in [0.05, 0.1) is 6.54 Å². The number of anilines is 1. The van der Waals surface area contributed by atoms with Crippen LogP contribution in [0.25, 0.3) is 22.6 Å². The first-order valence-electron chi connectivity index (χ1n) is 10.1. The molecule has 0 unspecified atom stereocenters. The Morgan fingerprint density at radius 3 is 2.61 bits per heavy atom. The number of aromatic nitrogens is 4. The fraction of sp³-hybridized carbons (Fsp3) is 0.167. The lowest BCUT2D eigenvalue weighted by Crippen LogP contribution is -2.24. The van der Waals surface area contributed by atoms with E-state index in [-0.39, 0.29) is 17.8 Å². The monoisotopic (exact) mass is 413 g/mol. The van der Waals surface area contributed by atoms with Crippen molar-refractivity contribution >= 4 is 11.7 Å². The van der Waals surface area contributed by atoms with Crippen molar-refractivity contribution in [1.29, 1.82) is 0 Å². The number of rotatable bonds is 4. The molecule has 5 rings (SSSR count). The van der Waals surface area contributed by atoms with Crippen molar-refractivity contribution in [2.75, 3.05) is 4.90 Å². The van der Waals surface area contributed by atoms with E-state index in [1.807, 2.05) is 60.9 Å². The van der Waals surface area contributed by atoms with E-state index >= 15 is 0 Å². The van der Waals surface area contributed by atoms with Gasteiger partial charge in [0.15, 0.2) is 5.82 Å². The zero-order chi connectivity index (χ0) is 21.5. The number of carbonyl (C=O) groups excluding carboxylic acids is 1. The van der Waals surface area contributed by atoms with E-state index in [0.717, 1.165) is 16.7 Å². The molecule has 0 fully saturated rings. The largest absolute Gasteiger partial charge is 0.310 e. The van der Waals surface area contributed by atoms with E-state index < -0.39 is 0 Å². The molecule has 3 heterocycles. The molecule has 2 aromatic carbocycles. The van der Waals surface area contributed by atoms with E-state index in [1.54, 1.807) is 17.3 Å². The fourth-order valence-corrected chi connectivity index (χ4v) is 3.84. The van der Waals surface area contributed by atoms with E-state index in [9.17, 15) is 9.18 Å². The van der Waals surface area contributed by atoms with Gasteiger partial charge in [-0.2, -0.15) is 0 Å². The van der Waals surface area contributed by atoms with E-state index in [1.165, 1.54) is 12.1 Å². The molecule has 1 aliphatic heterocycles. The highest BCUT2D eigenvalue weighted by molar-refractivity contribution is 6.10. The number of carbonyl (C=O) groups is 1. The Morgan fingerprint density at radius 1 is 1.00 bits per heavy atom. The Balaban J connectivity index is 1.48. The second kappa shape index (κ2) is 7.43. The summed E-state index contributed by atoms with van der Waals surface area (Å²) >= 11 is 0. The van der Waals surface area contributed by atoms with Gasteiger partial charge in [0, 0.05) is 11.6 Å². The summed E-state index contributed by atoms with van der Waals surface area (Å²) in [5.74, 6) is 0.795. The molecule has 0 spiro atoms. The third-order valence-corrected chi connectivity index (χ3v) is 5.44. The SMILES string of the molecule is CC(C)n1cnnc1-c1cccc(N2Cc3ccc(-c4cccc(F)c4)cc3C2=O)n1. The Hall–Kier alpha value is -3.87. The Morgan fingerprint density at radius 2 is 1.81 bits per heavy atom. The number of amides is 1. The van der Waals surface area contributed by atoms with Crippen LogP contribution in [0.4, 0.5) is 10.2 Å². The average molecular weight is 413 g/mol. The minimum Gasteiger partial charge on any atom is -0.310 e. The zero-order valence-electron chi connectivity index (χ0n) is 17.2. The summed E-state index contributed by atoms with van der Waals surface area (Å²) in [6, 6.07) is 17.8. The summed E-state index contributed by atoms with van der Waals surface area (Å²) in [5, 5.41) is 8.21. The second-order valence-corrected chi connectivity index (χ2v) is 7.81. The maximum Gasteiger partial charge on any atom is 0.260 e. The van der Waals surface area contributed by atoms with Crippen LogP contribution in [-0.4, -0.2) is 25.7 Å². The topological polar surface area (TPSA) is 63.9 Å². The molecule has 7 heteroatoms. The molecule has 1 aliphatic rings. The molecule has 1 amide bonds. The molecular weight excluding hydrogens is 393 g/mol. The summed E-state index contributed by atoms with van der Waals surface area (Å²) in [6.07, 6.45) is 1.68. The number of benzene rings is 2.